The Morgan fingerprint density at radius 3 is 2.29 bits per heavy atom. The lowest BCUT2D eigenvalue weighted by molar-refractivity contribution is -0.140. The Kier molecular flexibility index (Phi) is 2.71. The second kappa shape index (κ2) is 3.50. The molecule has 0 heterocycles. The summed E-state index contributed by atoms with van der Waals surface area (Å²) in [5, 5.41) is 8.37. The number of hydrogen-bond donors (Lipinski definition) is 1. The average Bonchev–Trinajstić information content (AvgIpc) is 2.07. The van der Waals surface area contributed by atoms with Crippen LogP contribution >= 0.6 is 12.6 Å². The van der Waals surface area contributed by atoms with Gasteiger partial charge in [0.1, 0.15) is 5.82 Å². The maximum atomic E-state index is 12.9. The highest BCUT2D eigenvalue weighted by atomic mass is 32.1. The molecule has 0 unspecified atom stereocenters. The first kappa shape index (κ1) is 10.9. The predicted octanol–water partition coefficient (Wildman–Crippen LogP) is 3.00. The number of rotatable bonds is 0. The van der Waals surface area contributed by atoms with Gasteiger partial charge in [0.15, 0.2) is 0 Å². The van der Waals surface area contributed by atoms with Crippen molar-refractivity contribution in [2.75, 3.05) is 0 Å². The fraction of sp³-hybridized carbons (Fsp3) is 0.125. The Labute approximate surface area is 82.4 Å². The van der Waals surface area contributed by atoms with Gasteiger partial charge >= 0.3 is 6.18 Å². The minimum Gasteiger partial charge on any atom is -0.205 e. The summed E-state index contributed by atoms with van der Waals surface area (Å²) in [6, 6.07) is 2.88. The largest absolute Gasteiger partial charge is 0.419 e. The van der Waals surface area contributed by atoms with E-state index in [4.69, 9.17) is 5.26 Å². The molecule has 0 N–H and O–H groups in total. The summed E-state index contributed by atoms with van der Waals surface area (Å²) >= 11 is 3.50. The summed E-state index contributed by atoms with van der Waals surface area (Å²) in [4.78, 5) is -0.489. The number of nitriles is 1. The topological polar surface area (TPSA) is 23.8 Å². The Bertz CT molecular complexity index is 405. The SMILES string of the molecule is N#Cc1cc(S)c(F)c(C(F)(F)F)c1. The summed E-state index contributed by atoms with van der Waals surface area (Å²) in [7, 11) is 0. The third kappa shape index (κ3) is 1.99. The summed E-state index contributed by atoms with van der Waals surface area (Å²) in [6.07, 6.45) is -4.81. The highest BCUT2D eigenvalue weighted by Gasteiger charge is 2.35. The molecule has 0 radical (unpaired) electrons. The van der Waals surface area contributed by atoms with Crippen LogP contribution in [0.5, 0.6) is 0 Å². The van der Waals surface area contributed by atoms with Crippen molar-refractivity contribution in [1.82, 2.24) is 0 Å². The second-order valence-electron chi connectivity index (χ2n) is 2.47. The monoisotopic (exact) mass is 221 g/mol. The van der Waals surface area contributed by atoms with Crippen molar-refractivity contribution in [1.29, 1.82) is 5.26 Å². The van der Waals surface area contributed by atoms with Gasteiger partial charge in [0, 0.05) is 4.90 Å². The highest BCUT2D eigenvalue weighted by molar-refractivity contribution is 7.80. The molecule has 0 aliphatic rings. The van der Waals surface area contributed by atoms with Crippen LogP contribution in [-0.4, -0.2) is 0 Å². The van der Waals surface area contributed by atoms with E-state index < -0.39 is 22.5 Å². The number of halogens is 4. The lowest BCUT2D eigenvalue weighted by Gasteiger charge is -2.09. The van der Waals surface area contributed by atoms with Crippen LogP contribution in [0.3, 0.4) is 0 Å². The Morgan fingerprint density at radius 2 is 1.86 bits per heavy atom. The normalized spacial score (nSPS) is 11.1. The van der Waals surface area contributed by atoms with Crippen molar-refractivity contribution in [2.24, 2.45) is 0 Å². The van der Waals surface area contributed by atoms with E-state index >= 15 is 0 Å². The van der Waals surface area contributed by atoms with Crippen molar-refractivity contribution in [3.05, 3.63) is 29.1 Å². The van der Waals surface area contributed by atoms with E-state index in [0.717, 1.165) is 6.07 Å². The highest BCUT2D eigenvalue weighted by Crippen LogP contribution is 2.34. The Balaban J connectivity index is 3.44. The molecule has 0 spiro atoms. The predicted molar refractivity (Wildman–Crippen MR) is 43.4 cm³/mol. The molecule has 1 aromatic carbocycles. The third-order valence-electron chi connectivity index (χ3n) is 1.49. The molecule has 1 rings (SSSR count). The van der Waals surface area contributed by atoms with Crippen molar-refractivity contribution < 1.29 is 17.6 Å². The molecule has 1 nitrogen and oxygen atoms in total. The lowest BCUT2D eigenvalue weighted by atomic mass is 10.1. The van der Waals surface area contributed by atoms with Gasteiger partial charge in [0.25, 0.3) is 0 Å². The molecule has 0 atom stereocenters. The zero-order valence-corrected chi connectivity index (χ0v) is 7.46. The van der Waals surface area contributed by atoms with Gasteiger partial charge < -0.3 is 0 Å². The second-order valence-corrected chi connectivity index (χ2v) is 2.95. The zero-order chi connectivity index (χ0) is 10.9. The maximum absolute atomic E-state index is 12.9. The number of hydrogen-bond acceptors (Lipinski definition) is 2. The molecule has 0 aliphatic carbocycles. The zero-order valence-electron chi connectivity index (χ0n) is 6.56. The van der Waals surface area contributed by atoms with Gasteiger partial charge in [-0.1, -0.05) is 0 Å². The maximum Gasteiger partial charge on any atom is 0.419 e. The van der Waals surface area contributed by atoms with E-state index in [0.29, 0.717) is 6.07 Å². The summed E-state index contributed by atoms with van der Waals surface area (Å²) in [6.45, 7) is 0. The molecular formula is C8H3F4NS. The number of thiol groups is 1. The quantitative estimate of drug-likeness (QED) is 0.528. The van der Waals surface area contributed by atoms with Gasteiger partial charge in [-0.25, -0.2) is 4.39 Å². The van der Waals surface area contributed by atoms with Crippen molar-refractivity contribution in [2.45, 2.75) is 11.1 Å². The van der Waals surface area contributed by atoms with Crippen LogP contribution in [0.4, 0.5) is 17.6 Å². The Morgan fingerprint density at radius 1 is 1.29 bits per heavy atom. The first-order valence-electron chi connectivity index (χ1n) is 3.36. The molecule has 0 amide bonds. The molecule has 0 aromatic heterocycles. The average molecular weight is 221 g/mol. The van der Waals surface area contributed by atoms with Crippen LogP contribution in [0.1, 0.15) is 11.1 Å². The van der Waals surface area contributed by atoms with Crippen molar-refractivity contribution in [3.8, 4) is 6.07 Å². The van der Waals surface area contributed by atoms with Gasteiger partial charge in [-0.3, -0.25) is 0 Å². The number of alkyl halides is 3. The van der Waals surface area contributed by atoms with E-state index in [9.17, 15) is 17.6 Å². The van der Waals surface area contributed by atoms with Crippen molar-refractivity contribution in [3.63, 3.8) is 0 Å². The molecule has 6 heteroatoms. The standard InChI is InChI=1S/C8H3F4NS/c9-7-5(8(10,11)12)1-4(3-13)2-6(7)14/h1-2,14H. The number of nitrogens with zero attached hydrogens (tertiary/aromatic N) is 1. The lowest BCUT2D eigenvalue weighted by Crippen LogP contribution is -2.09. The molecule has 0 saturated carbocycles. The van der Waals surface area contributed by atoms with Gasteiger partial charge in [-0.15, -0.1) is 12.6 Å². The minimum absolute atomic E-state index is 0.274. The third-order valence-corrected chi connectivity index (χ3v) is 1.81. The molecule has 74 valence electrons. The van der Waals surface area contributed by atoms with E-state index in [1.165, 1.54) is 6.07 Å². The fourth-order valence-electron chi connectivity index (χ4n) is 0.880. The molecule has 1 aromatic rings. The van der Waals surface area contributed by atoms with Crippen LogP contribution in [0, 0.1) is 17.1 Å². The van der Waals surface area contributed by atoms with Crippen LogP contribution in [-0.2, 0) is 6.18 Å². The van der Waals surface area contributed by atoms with Crippen molar-refractivity contribution >= 4 is 12.6 Å². The smallest absolute Gasteiger partial charge is 0.205 e. The molecule has 0 fully saturated rings. The summed E-state index contributed by atoms with van der Waals surface area (Å²) < 4.78 is 49.4. The number of benzene rings is 1. The summed E-state index contributed by atoms with van der Waals surface area (Å²) in [5.41, 5.74) is -1.75. The minimum atomic E-state index is -4.81. The molecular weight excluding hydrogens is 218 g/mol. The Hall–Kier alpha value is -1.22. The van der Waals surface area contributed by atoms with Gasteiger partial charge in [-0.05, 0) is 12.1 Å². The van der Waals surface area contributed by atoms with Gasteiger partial charge in [0.2, 0.25) is 0 Å². The van der Waals surface area contributed by atoms with E-state index in [-0.39, 0.29) is 5.56 Å². The molecule has 14 heavy (non-hydrogen) atoms. The van der Waals surface area contributed by atoms with E-state index in [1.54, 1.807) is 0 Å². The van der Waals surface area contributed by atoms with Gasteiger partial charge in [0.05, 0.1) is 17.2 Å². The fourth-order valence-corrected chi connectivity index (χ4v) is 1.14. The van der Waals surface area contributed by atoms with E-state index in [2.05, 4.69) is 12.6 Å². The van der Waals surface area contributed by atoms with Crippen LogP contribution in [0.15, 0.2) is 17.0 Å². The molecule has 0 aliphatic heterocycles. The van der Waals surface area contributed by atoms with Crippen LogP contribution in [0.2, 0.25) is 0 Å². The first-order valence-corrected chi connectivity index (χ1v) is 3.81. The van der Waals surface area contributed by atoms with E-state index in [1.807, 2.05) is 0 Å². The van der Waals surface area contributed by atoms with Crippen LogP contribution in [0.25, 0.3) is 0 Å². The van der Waals surface area contributed by atoms with Crippen LogP contribution < -0.4 is 0 Å². The summed E-state index contributed by atoms with van der Waals surface area (Å²) in [5.74, 6) is -1.46. The first-order chi connectivity index (χ1) is 6.36. The molecule has 0 bridgehead atoms. The molecule has 0 saturated heterocycles. The van der Waals surface area contributed by atoms with Gasteiger partial charge in [-0.2, -0.15) is 18.4 Å².